The second-order valence-electron chi connectivity index (χ2n) is 6.75. The molecule has 0 fully saturated rings. The van der Waals surface area contributed by atoms with Gasteiger partial charge in [-0.15, -0.1) is 11.3 Å². The maximum absolute atomic E-state index is 13.4. The van der Waals surface area contributed by atoms with Gasteiger partial charge in [0.1, 0.15) is 10.5 Å². The Balaban J connectivity index is 1.55. The van der Waals surface area contributed by atoms with Crippen LogP contribution in [0.3, 0.4) is 0 Å². The molecule has 0 saturated carbocycles. The first kappa shape index (κ1) is 20.3. The van der Waals surface area contributed by atoms with E-state index in [1.54, 1.807) is 20.0 Å². The van der Waals surface area contributed by atoms with Crippen LogP contribution in [-0.2, 0) is 11.8 Å². The molecule has 0 bridgehead atoms. The van der Waals surface area contributed by atoms with E-state index in [-0.39, 0.29) is 17.2 Å². The second-order valence-corrected chi connectivity index (χ2v) is 8.74. The van der Waals surface area contributed by atoms with Gasteiger partial charge >= 0.3 is 0 Å². The maximum atomic E-state index is 13.4. The van der Waals surface area contributed by atoms with E-state index >= 15 is 0 Å². The summed E-state index contributed by atoms with van der Waals surface area (Å²) < 4.78 is 15.5. The van der Waals surface area contributed by atoms with Crippen LogP contribution in [0, 0.1) is 12.7 Å². The van der Waals surface area contributed by atoms with Gasteiger partial charge in [-0.25, -0.2) is 9.37 Å². The number of aromatic nitrogens is 2. The van der Waals surface area contributed by atoms with E-state index in [9.17, 15) is 14.0 Å². The van der Waals surface area contributed by atoms with E-state index in [2.05, 4.69) is 10.3 Å². The molecule has 5 nitrogen and oxygen atoms in total. The number of anilines is 1. The third kappa shape index (κ3) is 4.15. The Kier molecular flexibility index (Phi) is 5.69. The lowest BCUT2D eigenvalue weighted by atomic mass is 10.2. The van der Waals surface area contributed by atoms with Crippen molar-refractivity contribution >= 4 is 44.9 Å². The lowest BCUT2D eigenvalue weighted by molar-refractivity contribution is -0.113. The van der Waals surface area contributed by atoms with E-state index in [1.165, 1.54) is 39.8 Å². The second kappa shape index (κ2) is 8.41. The fraction of sp³-hybridized carbons (Fsp3) is 0.136. The summed E-state index contributed by atoms with van der Waals surface area (Å²) in [6.07, 6.45) is 0. The molecule has 0 spiro atoms. The van der Waals surface area contributed by atoms with Crippen LogP contribution in [0.2, 0.25) is 0 Å². The molecule has 152 valence electrons. The third-order valence-corrected chi connectivity index (χ3v) is 6.77. The molecule has 0 aliphatic rings. The minimum absolute atomic E-state index is 0.0530. The zero-order valence-electron chi connectivity index (χ0n) is 16.3. The largest absolute Gasteiger partial charge is 0.325 e. The van der Waals surface area contributed by atoms with Gasteiger partial charge in [-0.2, -0.15) is 0 Å². The van der Waals surface area contributed by atoms with Crippen molar-refractivity contribution in [3.8, 4) is 10.4 Å². The third-order valence-electron chi connectivity index (χ3n) is 4.58. The van der Waals surface area contributed by atoms with Crippen LogP contribution in [0.1, 0.15) is 5.56 Å². The molecule has 2 aromatic carbocycles. The van der Waals surface area contributed by atoms with Crippen LogP contribution in [0.4, 0.5) is 10.1 Å². The number of hydrogen-bond donors (Lipinski definition) is 1. The van der Waals surface area contributed by atoms with Gasteiger partial charge < -0.3 is 5.32 Å². The predicted molar refractivity (Wildman–Crippen MR) is 121 cm³/mol. The van der Waals surface area contributed by atoms with Crippen molar-refractivity contribution in [3.05, 3.63) is 76.3 Å². The molecular formula is C22H18FN3O2S2. The van der Waals surface area contributed by atoms with E-state index < -0.39 is 5.82 Å². The lowest BCUT2D eigenvalue weighted by Crippen LogP contribution is -2.20. The molecule has 0 aliphatic heterocycles. The van der Waals surface area contributed by atoms with Crippen LogP contribution >= 0.6 is 23.1 Å². The van der Waals surface area contributed by atoms with Gasteiger partial charge in [0.15, 0.2) is 5.16 Å². The number of halogens is 1. The molecule has 2 aromatic heterocycles. The Morgan fingerprint density at radius 3 is 2.73 bits per heavy atom. The zero-order valence-corrected chi connectivity index (χ0v) is 17.9. The first-order valence-corrected chi connectivity index (χ1v) is 11.0. The molecule has 4 rings (SSSR count). The number of nitrogens with zero attached hydrogens (tertiary/aromatic N) is 2. The molecule has 0 aliphatic carbocycles. The summed E-state index contributed by atoms with van der Waals surface area (Å²) in [5, 5.41) is 3.16. The summed E-state index contributed by atoms with van der Waals surface area (Å²) in [7, 11) is 1.65. The number of thiophene rings is 1. The van der Waals surface area contributed by atoms with Crippen LogP contribution in [0.25, 0.3) is 20.7 Å². The van der Waals surface area contributed by atoms with Crippen molar-refractivity contribution < 1.29 is 9.18 Å². The van der Waals surface area contributed by atoms with E-state index in [0.717, 1.165) is 16.0 Å². The van der Waals surface area contributed by atoms with Gasteiger partial charge in [0.25, 0.3) is 5.56 Å². The minimum Gasteiger partial charge on any atom is -0.325 e. The molecular weight excluding hydrogens is 421 g/mol. The number of carbonyl (C=O) groups excluding carboxylic acids is 1. The smallest absolute Gasteiger partial charge is 0.271 e. The van der Waals surface area contributed by atoms with Crippen LogP contribution in [0.5, 0.6) is 0 Å². The minimum atomic E-state index is -0.412. The Bertz CT molecular complexity index is 1300. The first-order valence-electron chi connectivity index (χ1n) is 9.17. The summed E-state index contributed by atoms with van der Waals surface area (Å²) in [5.41, 5.74) is 2.71. The Morgan fingerprint density at radius 1 is 1.20 bits per heavy atom. The van der Waals surface area contributed by atoms with E-state index in [0.29, 0.717) is 21.1 Å². The molecule has 1 N–H and O–H groups in total. The summed E-state index contributed by atoms with van der Waals surface area (Å²) in [4.78, 5) is 30.7. The number of carbonyl (C=O) groups is 1. The lowest BCUT2D eigenvalue weighted by Gasteiger charge is -2.09. The highest BCUT2D eigenvalue weighted by Crippen LogP contribution is 2.31. The summed E-state index contributed by atoms with van der Waals surface area (Å²) in [5.74, 6) is -0.652. The van der Waals surface area contributed by atoms with Gasteiger partial charge in [0.2, 0.25) is 5.91 Å². The monoisotopic (exact) mass is 439 g/mol. The van der Waals surface area contributed by atoms with Crippen molar-refractivity contribution in [2.75, 3.05) is 11.1 Å². The molecule has 0 radical (unpaired) electrons. The number of nitrogens with one attached hydrogen (secondary N) is 1. The quantitative estimate of drug-likeness (QED) is 0.357. The zero-order chi connectivity index (χ0) is 21.3. The Morgan fingerprint density at radius 2 is 1.97 bits per heavy atom. The van der Waals surface area contributed by atoms with Crippen molar-refractivity contribution in [3.63, 3.8) is 0 Å². The van der Waals surface area contributed by atoms with Crippen LogP contribution in [-0.4, -0.2) is 21.2 Å². The van der Waals surface area contributed by atoms with Gasteiger partial charge in [0, 0.05) is 17.6 Å². The van der Waals surface area contributed by atoms with Gasteiger partial charge in [-0.3, -0.25) is 14.2 Å². The standard InChI is InChI=1S/C22H18FN3O2S2/c1-13-8-9-15(23)10-16(13)24-19(27)12-29-22-25-17-11-18(14-6-4-3-5-7-14)30-20(17)21(28)26(22)2/h3-11H,12H2,1-2H3,(H,24,27). The van der Waals surface area contributed by atoms with Crippen LogP contribution in [0.15, 0.2) is 64.5 Å². The maximum Gasteiger partial charge on any atom is 0.271 e. The normalized spacial score (nSPS) is 11.0. The van der Waals surface area contributed by atoms with Gasteiger partial charge in [-0.1, -0.05) is 48.2 Å². The topological polar surface area (TPSA) is 64.0 Å². The molecule has 0 atom stereocenters. The summed E-state index contributed by atoms with van der Waals surface area (Å²) in [6.45, 7) is 1.79. The van der Waals surface area contributed by atoms with Crippen LogP contribution < -0.4 is 10.9 Å². The number of fused-ring (bicyclic) bond motifs is 1. The summed E-state index contributed by atoms with van der Waals surface area (Å²) in [6, 6.07) is 16.0. The summed E-state index contributed by atoms with van der Waals surface area (Å²) >= 11 is 2.58. The number of aryl methyl sites for hydroxylation is 1. The van der Waals surface area contributed by atoms with Crippen molar-refractivity contribution in [1.82, 2.24) is 9.55 Å². The van der Waals surface area contributed by atoms with Crippen molar-refractivity contribution in [2.45, 2.75) is 12.1 Å². The number of amides is 1. The highest BCUT2D eigenvalue weighted by molar-refractivity contribution is 7.99. The average molecular weight is 440 g/mol. The fourth-order valence-corrected chi connectivity index (χ4v) is 4.80. The molecule has 0 saturated heterocycles. The highest BCUT2D eigenvalue weighted by Gasteiger charge is 2.15. The first-order chi connectivity index (χ1) is 14.4. The highest BCUT2D eigenvalue weighted by atomic mass is 32.2. The van der Waals surface area contributed by atoms with Crippen molar-refractivity contribution in [2.24, 2.45) is 7.05 Å². The molecule has 2 heterocycles. The SMILES string of the molecule is Cc1ccc(F)cc1NC(=O)CSc1nc2cc(-c3ccccc3)sc2c(=O)n1C. The van der Waals surface area contributed by atoms with Gasteiger partial charge in [0.05, 0.1) is 11.3 Å². The fourth-order valence-electron chi connectivity index (χ4n) is 2.95. The predicted octanol–water partition coefficient (Wildman–Crippen LogP) is 4.84. The van der Waals surface area contributed by atoms with Gasteiger partial charge in [-0.05, 0) is 36.2 Å². The number of benzene rings is 2. The Labute approximate surface area is 180 Å². The number of rotatable bonds is 5. The molecule has 8 heteroatoms. The van der Waals surface area contributed by atoms with Crippen molar-refractivity contribution in [1.29, 1.82) is 0 Å². The number of hydrogen-bond acceptors (Lipinski definition) is 5. The Hall–Kier alpha value is -2.97. The van der Waals surface area contributed by atoms with E-state index in [1.807, 2.05) is 36.4 Å². The molecule has 1 amide bonds. The molecule has 0 unspecified atom stereocenters. The number of thioether (sulfide) groups is 1. The molecule has 4 aromatic rings. The molecule has 30 heavy (non-hydrogen) atoms. The van der Waals surface area contributed by atoms with E-state index in [4.69, 9.17) is 0 Å². The average Bonchev–Trinajstić information content (AvgIpc) is 3.17.